The smallest absolute Gasteiger partial charge is 0.0973 e. The van der Waals surface area contributed by atoms with Gasteiger partial charge >= 0.3 is 0 Å². The summed E-state index contributed by atoms with van der Waals surface area (Å²) in [5.41, 5.74) is 5.05. The van der Waals surface area contributed by atoms with Crippen LogP contribution in [0, 0.1) is 15.7 Å². The monoisotopic (exact) mass is 495 g/mol. The second-order valence-electron chi connectivity index (χ2n) is 5.12. The standard InChI is InChI=1S/C18H11I2N/c19-12-6-8-17-15(10-12)16-11-13(20)7-9-18(16)21(17)14-4-2-1-3-5-14/h1-2,4,6-10,13H,11H2. The fraction of sp³-hybridized carbons (Fsp3) is 0.111. The lowest BCUT2D eigenvalue weighted by atomic mass is 10.0. The quantitative estimate of drug-likeness (QED) is 0.323. The molecule has 0 amide bonds. The third-order valence-electron chi connectivity index (χ3n) is 3.81. The summed E-state index contributed by atoms with van der Waals surface area (Å²) in [6.45, 7) is 0. The summed E-state index contributed by atoms with van der Waals surface area (Å²) in [5, 5.41) is 1.36. The molecule has 1 aliphatic carbocycles. The fourth-order valence-corrected chi connectivity index (χ4v) is 4.07. The van der Waals surface area contributed by atoms with Gasteiger partial charge in [-0.05, 0) is 77.0 Å². The van der Waals surface area contributed by atoms with E-state index >= 15 is 0 Å². The SMILES string of the molecule is Ic1ccc2c(c1)c1c(n2-c2c#cccc2)C=CC(I)C1. The minimum atomic E-state index is 0.568. The minimum Gasteiger partial charge on any atom is -0.302 e. The highest BCUT2D eigenvalue weighted by atomic mass is 127. The Morgan fingerprint density at radius 3 is 2.95 bits per heavy atom. The van der Waals surface area contributed by atoms with Crippen molar-refractivity contribution < 1.29 is 0 Å². The number of benzene rings is 1. The first kappa shape index (κ1) is 13.6. The molecule has 3 aromatic rings. The molecule has 0 aliphatic heterocycles. The number of hydrogen-bond donors (Lipinski definition) is 0. The van der Waals surface area contributed by atoms with Crippen LogP contribution in [0.5, 0.6) is 0 Å². The van der Waals surface area contributed by atoms with Crippen LogP contribution in [0.4, 0.5) is 0 Å². The van der Waals surface area contributed by atoms with Gasteiger partial charge in [-0.15, -0.1) is 0 Å². The zero-order valence-electron chi connectivity index (χ0n) is 11.1. The molecule has 21 heavy (non-hydrogen) atoms. The largest absolute Gasteiger partial charge is 0.302 e. The van der Waals surface area contributed by atoms with Crippen LogP contribution in [0.2, 0.25) is 0 Å². The summed E-state index contributed by atoms with van der Waals surface area (Å²) in [6, 6.07) is 19.0. The Morgan fingerprint density at radius 2 is 2.14 bits per heavy atom. The van der Waals surface area contributed by atoms with E-state index in [-0.39, 0.29) is 0 Å². The molecule has 2 aromatic carbocycles. The van der Waals surface area contributed by atoms with E-state index in [0.29, 0.717) is 3.92 Å². The lowest BCUT2D eigenvalue weighted by molar-refractivity contribution is 1.00. The third kappa shape index (κ3) is 2.29. The average molecular weight is 495 g/mol. The summed E-state index contributed by atoms with van der Waals surface area (Å²) in [6.07, 6.45) is 5.63. The van der Waals surface area contributed by atoms with Crippen LogP contribution >= 0.6 is 45.2 Å². The molecular formula is C18H11I2N. The van der Waals surface area contributed by atoms with E-state index in [1.165, 1.54) is 25.7 Å². The minimum absolute atomic E-state index is 0.568. The average Bonchev–Trinajstić information content (AvgIpc) is 2.81. The van der Waals surface area contributed by atoms with Crippen molar-refractivity contribution in [2.24, 2.45) is 0 Å². The Labute approximate surface area is 151 Å². The highest BCUT2D eigenvalue weighted by Gasteiger charge is 2.21. The maximum Gasteiger partial charge on any atom is 0.0973 e. The van der Waals surface area contributed by atoms with Crippen molar-refractivity contribution in [1.82, 2.24) is 4.57 Å². The van der Waals surface area contributed by atoms with Gasteiger partial charge in [0, 0.05) is 12.9 Å². The van der Waals surface area contributed by atoms with E-state index in [1.54, 1.807) is 0 Å². The zero-order chi connectivity index (χ0) is 14.4. The summed E-state index contributed by atoms with van der Waals surface area (Å²) in [4.78, 5) is 0. The highest BCUT2D eigenvalue weighted by molar-refractivity contribution is 14.1. The van der Waals surface area contributed by atoms with Crippen molar-refractivity contribution in [2.75, 3.05) is 0 Å². The van der Waals surface area contributed by atoms with Gasteiger partial charge < -0.3 is 4.57 Å². The van der Waals surface area contributed by atoms with Gasteiger partial charge in [-0.2, -0.15) is 0 Å². The molecule has 0 N–H and O–H groups in total. The van der Waals surface area contributed by atoms with Crippen molar-refractivity contribution in [2.45, 2.75) is 10.3 Å². The molecule has 1 heterocycles. The number of alkyl halides is 1. The molecule has 3 heteroatoms. The van der Waals surface area contributed by atoms with Crippen LogP contribution in [0.3, 0.4) is 0 Å². The summed E-state index contributed by atoms with van der Waals surface area (Å²) < 4.78 is 4.15. The molecule has 0 spiro atoms. The zero-order valence-corrected chi connectivity index (χ0v) is 15.4. The van der Waals surface area contributed by atoms with Crippen molar-refractivity contribution in [3.63, 3.8) is 0 Å². The summed E-state index contributed by atoms with van der Waals surface area (Å²) in [7, 11) is 0. The molecule has 0 radical (unpaired) electrons. The molecule has 1 unspecified atom stereocenters. The molecule has 1 aromatic heterocycles. The Balaban J connectivity index is 2.10. The van der Waals surface area contributed by atoms with Crippen LogP contribution in [0.1, 0.15) is 11.3 Å². The van der Waals surface area contributed by atoms with Gasteiger partial charge in [-0.3, -0.25) is 0 Å². The second-order valence-corrected chi connectivity index (χ2v) is 7.97. The van der Waals surface area contributed by atoms with E-state index in [0.717, 1.165) is 12.1 Å². The molecule has 4 rings (SSSR count). The normalized spacial score (nSPS) is 16.8. The van der Waals surface area contributed by atoms with Gasteiger partial charge in [0.1, 0.15) is 0 Å². The van der Waals surface area contributed by atoms with Gasteiger partial charge in [0.2, 0.25) is 0 Å². The highest BCUT2D eigenvalue weighted by Crippen LogP contribution is 2.35. The van der Waals surface area contributed by atoms with Crippen molar-refractivity contribution in [3.8, 4) is 5.69 Å². The maximum atomic E-state index is 3.24. The lowest BCUT2D eigenvalue weighted by Crippen LogP contribution is -2.06. The lowest BCUT2D eigenvalue weighted by Gasteiger charge is -2.13. The number of fused-ring (bicyclic) bond motifs is 3. The molecule has 0 fully saturated rings. The van der Waals surface area contributed by atoms with Crippen molar-refractivity contribution >= 4 is 62.2 Å². The van der Waals surface area contributed by atoms with Gasteiger partial charge in [-0.1, -0.05) is 40.8 Å². The van der Waals surface area contributed by atoms with Crippen LogP contribution in [-0.2, 0) is 6.42 Å². The van der Waals surface area contributed by atoms with E-state index in [2.05, 4.69) is 98.3 Å². The van der Waals surface area contributed by atoms with Gasteiger partial charge in [-0.25, -0.2) is 0 Å². The van der Waals surface area contributed by atoms with Gasteiger partial charge in [0.05, 0.1) is 16.9 Å². The fourth-order valence-electron chi connectivity index (χ4n) is 2.93. The van der Waals surface area contributed by atoms with E-state index in [9.17, 15) is 0 Å². The van der Waals surface area contributed by atoms with E-state index in [1.807, 2.05) is 12.1 Å². The van der Waals surface area contributed by atoms with Crippen molar-refractivity contribution in [3.05, 3.63) is 69.4 Å². The number of nitrogens with zero attached hydrogens (tertiary/aromatic N) is 1. The van der Waals surface area contributed by atoms with Crippen LogP contribution in [0.25, 0.3) is 22.7 Å². The van der Waals surface area contributed by atoms with Crippen LogP contribution < -0.4 is 0 Å². The predicted molar refractivity (Wildman–Crippen MR) is 104 cm³/mol. The molecule has 0 bridgehead atoms. The predicted octanol–water partition coefficient (Wildman–Crippen LogP) is 5.21. The molecule has 102 valence electrons. The van der Waals surface area contributed by atoms with Crippen LogP contribution in [-0.4, -0.2) is 8.49 Å². The Hall–Kier alpha value is -1.000. The molecule has 0 saturated heterocycles. The second kappa shape index (κ2) is 5.33. The van der Waals surface area contributed by atoms with Gasteiger partial charge in [0.15, 0.2) is 0 Å². The van der Waals surface area contributed by atoms with Crippen molar-refractivity contribution in [1.29, 1.82) is 0 Å². The number of allylic oxidation sites excluding steroid dienone is 1. The Morgan fingerprint density at radius 1 is 1.24 bits per heavy atom. The van der Waals surface area contributed by atoms with Crippen LogP contribution in [0.15, 0.2) is 42.5 Å². The number of halogens is 2. The first-order valence-electron chi connectivity index (χ1n) is 6.78. The Kier molecular flexibility index (Phi) is 3.46. The number of rotatable bonds is 1. The summed E-state index contributed by atoms with van der Waals surface area (Å²) >= 11 is 4.90. The number of aromatic nitrogens is 1. The third-order valence-corrected chi connectivity index (χ3v) is 5.34. The maximum absolute atomic E-state index is 3.24. The molecule has 1 atom stereocenters. The topological polar surface area (TPSA) is 4.93 Å². The van der Waals surface area contributed by atoms with Gasteiger partial charge in [0.25, 0.3) is 0 Å². The molecule has 1 nitrogen and oxygen atoms in total. The number of hydrogen-bond acceptors (Lipinski definition) is 0. The first-order chi connectivity index (χ1) is 10.2. The summed E-state index contributed by atoms with van der Waals surface area (Å²) in [5.74, 6) is 0. The Bertz CT molecular complexity index is 847. The first-order valence-corrected chi connectivity index (χ1v) is 9.10. The van der Waals surface area contributed by atoms with E-state index < -0.39 is 0 Å². The van der Waals surface area contributed by atoms with E-state index in [4.69, 9.17) is 0 Å². The molecule has 0 saturated carbocycles. The molecule has 1 aliphatic rings. The molecular weight excluding hydrogens is 484 g/mol.